The number of pyridine rings is 1. The highest BCUT2D eigenvalue weighted by atomic mass is 16.1. The zero-order valence-corrected chi connectivity index (χ0v) is 14.3. The summed E-state index contributed by atoms with van der Waals surface area (Å²) >= 11 is 0. The molecule has 2 aromatic heterocycles. The molecule has 0 aliphatic rings. The Morgan fingerprint density at radius 3 is 2.48 bits per heavy atom. The maximum atomic E-state index is 11.4. The fourth-order valence-electron chi connectivity index (χ4n) is 2.65. The highest BCUT2D eigenvalue weighted by Gasteiger charge is 2.21. The first-order chi connectivity index (χ1) is 10.8. The normalized spacial score (nSPS) is 12.3. The SMILES string of the molecule is CC(C)c1cc(C(C)(C)C)nn1-c1ccc2[nH]c(=O)ccc2c1. The minimum absolute atomic E-state index is 0.0109. The molecule has 1 N–H and O–H groups in total. The lowest BCUT2D eigenvalue weighted by Gasteiger charge is -2.14. The molecule has 3 rings (SSSR count). The third-order valence-corrected chi connectivity index (χ3v) is 4.05. The van der Waals surface area contributed by atoms with Crippen LogP contribution in [-0.2, 0) is 5.41 Å². The van der Waals surface area contributed by atoms with Crippen molar-refractivity contribution in [3.63, 3.8) is 0 Å². The predicted molar refractivity (Wildman–Crippen MR) is 94.5 cm³/mol. The van der Waals surface area contributed by atoms with Crippen LogP contribution in [0.3, 0.4) is 0 Å². The number of rotatable bonds is 2. The predicted octanol–water partition coefficient (Wildman–Crippen LogP) is 4.13. The van der Waals surface area contributed by atoms with Gasteiger partial charge in [-0.1, -0.05) is 34.6 Å². The molecule has 0 spiro atoms. The fraction of sp³-hybridized carbons (Fsp3) is 0.368. The molecular weight excluding hydrogens is 286 g/mol. The molecular formula is C19H23N3O. The number of nitrogens with one attached hydrogen (secondary N) is 1. The van der Waals surface area contributed by atoms with Crippen LogP contribution in [0.1, 0.15) is 51.9 Å². The van der Waals surface area contributed by atoms with E-state index in [0.717, 1.165) is 22.3 Å². The lowest BCUT2D eigenvalue weighted by Crippen LogP contribution is -2.12. The minimum Gasteiger partial charge on any atom is -0.322 e. The molecule has 0 unspecified atom stereocenters. The van der Waals surface area contributed by atoms with E-state index in [9.17, 15) is 4.79 Å². The van der Waals surface area contributed by atoms with Crippen LogP contribution in [0.4, 0.5) is 0 Å². The van der Waals surface area contributed by atoms with Crippen molar-refractivity contribution in [3.8, 4) is 5.69 Å². The van der Waals surface area contributed by atoms with E-state index >= 15 is 0 Å². The number of benzene rings is 1. The van der Waals surface area contributed by atoms with Gasteiger partial charge in [0.15, 0.2) is 0 Å². The smallest absolute Gasteiger partial charge is 0.248 e. The zero-order valence-electron chi connectivity index (χ0n) is 14.3. The van der Waals surface area contributed by atoms with Crippen molar-refractivity contribution in [2.24, 2.45) is 0 Å². The van der Waals surface area contributed by atoms with Gasteiger partial charge in [-0.05, 0) is 36.2 Å². The van der Waals surface area contributed by atoms with Crippen LogP contribution in [-0.4, -0.2) is 14.8 Å². The standard InChI is InChI=1S/C19H23N3O/c1-12(2)16-11-17(19(3,4)5)21-22(16)14-7-8-15-13(10-14)6-9-18(23)20-15/h6-12H,1-5H3,(H,20,23). The van der Waals surface area contributed by atoms with E-state index in [0.29, 0.717) is 5.92 Å². The summed E-state index contributed by atoms with van der Waals surface area (Å²) in [5.41, 5.74) is 4.07. The lowest BCUT2D eigenvalue weighted by atomic mass is 9.91. The van der Waals surface area contributed by atoms with Gasteiger partial charge in [0.1, 0.15) is 0 Å². The molecule has 2 heterocycles. The molecule has 0 atom stereocenters. The topological polar surface area (TPSA) is 50.7 Å². The van der Waals surface area contributed by atoms with Crippen LogP contribution in [0.5, 0.6) is 0 Å². The molecule has 0 amide bonds. The first kappa shape index (κ1) is 15.5. The molecule has 23 heavy (non-hydrogen) atoms. The Labute approximate surface area is 136 Å². The van der Waals surface area contributed by atoms with Crippen LogP contribution < -0.4 is 5.56 Å². The number of hydrogen-bond donors (Lipinski definition) is 1. The van der Waals surface area contributed by atoms with Crippen LogP contribution in [0, 0.1) is 0 Å². The largest absolute Gasteiger partial charge is 0.322 e. The number of hydrogen-bond acceptors (Lipinski definition) is 2. The van der Waals surface area contributed by atoms with Gasteiger partial charge in [-0.3, -0.25) is 4.79 Å². The number of H-pyrrole nitrogens is 1. The number of aromatic amines is 1. The van der Waals surface area contributed by atoms with Crippen molar-refractivity contribution in [1.82, 2.24) is 14.8 Å². The quantitative estimate of drug-likeness (QED) is 0.773. The average molecular weight is 309 g/mol. The van der Waals surface area contributed by atoms with Crippen molar-refractivity contribution in [1.29, 1.82) is 0 Å². The molecule has 4 nitrogen and oxygen atoms in total. The third-order valence-electron chi connectivity index (χ3n) is 4.05. The Morgan fingerprint density at radius 1 is 1.09 bits per heavy atom. The van der Waals surface area contributed by atoms with E-state index in [1.165, 1.54) is 5.69 Å². The number of fused-ring (bicyclic) bond motifs is 1. The molecule has 0 fully saturated rings. The molecule has 0 bridgehead atoms. The van der Waals surface area contributed by atoms with E-state index in [1.807, 2.05) is 22.9 Å². The number of aromatic nitrogens is 3. The molecule has 0 radical (unpaired) electrons. The minimum atomic E-state index is -0.0813. The van der Waals surface area contributed by atoms with E-state index in [-0.39, 0.29) is 11.0 Å². The maximum Gasteiger partial charge on any atom is 0.248 e. The molecule has 0 aliphatic carbocycles. The molecule has 4 heteroatoms. The summed E-state index contributed by atoms with van der Waals surface area (Å²) in [4.78, 5) is 14.3. The van der Waals surface area contributed by atoms with E-state index in [4.69, 9.17) is 5.10 Å². The van der Waals surface area contributed by atoms with E-state index in [1.54, 1.807) is 6.07 Å². The van der Waals surface area contributed by atoms with E-state index in [2.05, 4.69) is 51.7 Å². The van der Waals surface area contributed by atoms with Crippen LogP contribution >= 0.6 is 0 Å². The second-order valence-corrected chi connectivity index (χ2v) is 7.37. The summed E-state index contributed by atoms with van der Waals surface area (Å²) in [5, 5.41) is 5.85. The van der Waals surface area contributed by atoms with Gasteiger partial charge in [0.2, 0.25) is 5.56 Å². The van der Waals surface area contributed by atoms with Crippen LogP contribution in [0.25, 0.3) is 16.6 Å². The van der Waals surface area contributed by atoms with Crippen molar-refractivity contribution in [2.75, 3.05) is 0 Å². The summed E-state index contributed by atoms with van der Waals surface area (Å²) in [5.74, 6) is 0.380. The van der Waals surface area contributed by atoms with Crippen molar-refractivity contribution in [3.05, 3.63) is 58.1 Å². The van der Waals surface area contributed by atoms with Gasteiger partial charge in [-0.2, -0.15) is 5.10 Å². The van der Waals surface area contributed by atoms with Gasteiger partial charge in [0.05, 0.1) is 11.4 Å². The van der Waals surface area contributed by atoms with Gasteiger partial charge in [0, 0.05) is 28.1 Å². The Balaban J connectivity index is 2.19. The monoisotopic (exact) mass is 309 g/mol. The third kappa shape index (κ3) is 2.93. The van der Waals surface area contributed by atoms with Crippen LogP contribution in [0.15, 0.2) is 41.2 Å². The molecule has 0 saturated heterocycles. The van der Waals surface area contributed by atoms with Crippen molar-refractivity contribution in [2.45, 2.75) is 46.0 Å². The second-order valence-electron chi connectivity index (χ2n) is 7.37. The molecule has 3 aromatic rings. The fourth-order valence-corrected chi connectivity index (χ4v) is 2.65. The van der Waals surface area contributed by atoms with E-state index < -0.39 is 0 Å². The Kier molecular flexibility index (Phi) is 3.63. The summed E-state index contributed by atoms with van der Waals surface area (Å²) < 4.78 is 2.02. The molecule has 0 saturated carbocycles. The van der Waals surface area contributed by atoms with Crippen LogP contribution in [0.2, 0.25) is 0 Å². The molecule has 0 aliphatic heterocycles. The summed E-state index contributed by atoms with van der Waals surface area (Å²) in [7, 11) is 0. The maximum absolute atomic E-state index is 11.4. The summed E-state index contributed by atoms with van der Waals surface area (Å²) in [6.07, 6.45) is 0. The average Bonchev–Trinajstić information content (AvgIpc) is 2.92. The lowest BCUT2D eigenvalue weighted by molar-refractivity contribution is 0.559. The summed E-state index contributed by atoms with van der Waals surface area (Å²) in [6.45, 7) is 10.9. The van der Waals surface area contributed by atoms with Crippen molar-refractivity contribution >= 4 is 10.9 Å². The number of nitrogens with zero attached hydrogens (tertiary/aromatic N) is 2. The van der Waals surface area contributed by atoms with Gasteiger partial charge in [-0.25, -0.2) is 4.68 Å². The first-order valence-electron chi connectivity index (χ1n) is 7.99. The Hall–Kier alpha value is -2.36. The van der Waals surface area contributed by atoms with Gasteiger partial charge in [0.25, 0.3) is 0 Å². The zero-order chi connectivity index (χ0) is 16.8. The molecule has 1 aromatic carbocycles. The molecule has 120 valence electrons. The summed E-state index contributed by atoms with van der Waals surface area (Å²) in [6, 6.07) is 11.6. The second kappa shape index (κ2) is 5.37. The van der Waals surface area contributed by atoms with Gasteiger partial charge < -0.3 is 4.98 Å². The van der Waals surface area contributed by atoms with Crippen molar-refractivity contribution < 1.29 is 0 Å². The Bertz CT molecular complexity index is 910. The Morgan fingerprint density at radius 2 is 1.83 bits per heavy atom. The van der Waals surface area contributed by atoms with Gasteiger partial charge in [-0.15, -0.1) is 0 Å². The first-order valence-corrected chi connectivity index (χ1v) is 7.99. The highest BCUT2D eigenvalue weighted by Crippen LogP contribution is 2.28. The highest BCUT2D eigenvalue weighted by molar-refractivity contribution is 5.80. The van der Waals surface area contributed by atoms with Gasteiger partial charge >= 0.3 is 0 Å².